The number of carbonyl (C=O) groups excluding carboxylic acids is 1. The van der Waals surface area contributed by atoms with Crippen molar-refractivity contribution < 1.29 is 9.18 Å². The minimum absolute atomic E-state index is 0.250. The van der Waals surface area contributed by atoms with Gasteiger partial charge in [0.25, 0.3) is 5.91 Å². The molecule has 26 heavy (non-hydrogen) atoms. The fraction of sp³-hybridized carbons (Fsp3) is 0. The summed E-state index contributed by atoms with van der Waals surface area (Å²) in [6, 6.07) is 23.7. The molecule has 3 aromatic rings. The van der Waals surface area contributed by atoms with Gasteiger partial charge in [0, 0.05) is 11.3 Å². The van der Waals surface area contributed by atoms with Gasteiger partial charge in [-0.1, -0.05) is 60.7 Å². The van der Waals surface area contributed by atoms with Crippen LogP contribution in [0.25, 0.3) is 17.2 Å². The molecule has 0 saturated heterocycles. The fourth-order valence-electron chi connectivity index (χ4n) is 3.08. The number of rotatable bonds is 3. The van der Waals surface area contributed by atoms with Gasteiger partial charge in [-0.3, -0.25) is 4.79 Å². The van der Waals surface area contributed by atoms with Gasteiger partial charge in [0.05, 0.1) is 0 Å². The molecule has 0 heterocycles. The standard InChI is InChI=1S/C23H16FNO/c24-18-9-6-10-19(15-18)25-23(26)22-14-17(13-16-7-2-1-3-8-16)20-11-4-5-12-21(20)22/h1-15H,(H,25,26)/b17-13+. The summed E-state index contributed by atoms with van der Waals surface area (Å²) < 4.78 is 13.4. The van der Waals surface area contributed by atoms with Gasteiger partial charge in [0.15, 0.2) is 0 Å². The van der Waals surface area contributed by atoms with E-state index in [4.69, 9.17) is 0 Å². The molecular formula is C23H16FNO. The summed E-state index contributed by atoms with van der Waals surface area (Å²) in [6.07, 6.45) is 3.94. The Kier molecular flexibility index (Phi) is 4.20. The monoisotopic (exact) mass is 341 g/mol. The number of hydrogen-bond donors (Lipinski definition) is 1. The van der Waals surface area contributed by atoms with Crippen LogP contribution in [-0.4, -0.2) is 5.91 Å². The second kappa shape index (κ2) is 6.81. The summed E-state index contributed by atoms with van der Waals surface area (Å²) in [5.74, 6) is -0.632. The van der Waals surface area contributed by atoms with E-state index in [9.17, 15) is 9.18 Å². The van der Waals surface area contributed by atoms with Crippen molar-refractivity contribution in [3.05, 3.63) is 107 Å². The molecule has 2 nitrogen and oxygen atoms in total. The van der Waals surface area contributed by atoms with Crippen LogP contribution in [0.4, 0.5) is 10.1 Å². The number of carbonyl (C=O) groups is 1. The van der Waals surface area contributed by atoms with E-state index in [1.54, 1.807) is 12.1 Å². The van der Waals surface area contributed by atoms with Crippen LogP contribution in [0.1, 0.15) is 16.7 Å². The highest BCUT2D eigenvalue weighted by Gasteiger charge is 2.23. The topological polar surface area (TPSA) is 29.1 Å². The molecule has 0 aromatic heterocycles. The molecule has 0 saturated carbocycles. The Balaban J connectivity index is 1.70. The van der Waals surface area contributed by atoms with Gasteiger partial charge in [-0.15, -0.1) is 0 Å². The highest BCUT2D eigenvalue weighted by atomic mass is 19.1. The smallest absolute Gasteiger partial charge is 0.256 e. The van der Waals surface area contributed by atoms with E-state index in [1.807, 2.05) is 60.7 Å². The first-order valence-corrected chi connectivity index (χ1v) is 8.36. The second-order valence-electron chi connectivity index (χ2n) is 6.08. The lowest BCUT2D eigenvalue weighted by atomic mass is 10.0. The maximum absolute atomic E-state index is 13.4. The summed E-state index contributed by atoms with van der Waals surface area (Å²) in [5.41, 5.74) is 4.96. The number of benzene rings is 3. The average Bonchev–Trinajstić information content (AvgIpc) is 3.01. The Hall–Kier alpha value is -3.46. The lowest BCUT2D eigenvalue weighted by molar-refractivity contribution is -0.111. The molecule has 0 atom stereocenters. The molecule has 3 heteroatoms. The Morgan fingerprint density at radius 1 is 0.846 bits per heavy atom. The molecule has 0 unspecified atom stereocenters. The molecule has 1 aliphatic carbocycles. The van der Waals surface area contributed by atoms with E-state index in [1.165, 1.54) is 12.1 Å². The van der Waals surface area contributed by atoms with E-state index in [0.29, 0.717) is 11.3 Å². The van der Waals surface area contributed by atoms with Crippen molar-refractivity contribution in [1.82, 2.24) is 0 Å². The van der Waals surface area contributed by atoms with Crippen molar-refractivity contribution in [3.63, 3.8) is 0 Å². The number of halogens is 1. The fourth-order valence-corrected chi connectivity index (χ4v) is 3.08. The third-order valence-corrected chi connectivity index (χ3v) is 4.28. The third kappa shape index (κ3) is 3.20. The summed E-state index contributed by atoms with van der Waals surface area (Å²) >= 11 is 0. The molecule has 0 radical (unpaired) electrons. The molecule has 0 bridgehead atoms. The van der Waals surface area contributed by atoms with Gasteiger partial charge >= 0.3 is 0 Å². The maximum atomic E-state index is 13.4. The molecule has 3 aromatic carbocycles. The SMILES string of the molecule is O=C(Nc1cccc(F)c1)C1=C/C(=C\c2ccccc2)c2ccccc21. The molecule has 0 fully saturated rings. The van der Waals surface area contributed by atoms with Gasteiger partial charge in [-0.25, -0.2) is 4.39 Å². The van der Waals surface area contributed by atoms with Crippen molar-refractivity contribution in [2.75, 3.05) is 5.32 Å². The highest BCUT2D eigenvalue weighted by Crippen LogP contribution is 2.36. The quantitative estimate of drug-likeness (QED) is 0.679. The Morgan fingerprint density at radius 2 is 1.58 bits per heavy atom. The Labute approximate surface area is 151 Å². The highest BCUT2D eigenvalue weighted by molar-refractivity contribution is 6.30. The van der Waals surface area contributed by atoms with E-state index in [-0.39, 0.29) is 11.7 Å². The lowest BCUT2D eigenvalue weighted by Gasteiger charge is -2.07. The van der Waals surface area contributed by atoms with Crippen LogP contribution in [0.15, 0.2) is 84.9 Å². The first-order valence-electron chi connectivity index (χ1n) is 8.36. The molecule has 4 rings (SSSR count). The minimum atomic E-state index is -0.381. The molecular weight excluding hydrogens is 325 g/mol. The molecule has 0 aliphatic heterocycles. The van der Waals surface area contributed by atoms with Crippen LogP contribution in [0.5, 0.6) is 0 Å². The van der Waals surface area contributed by atoms with Crippen LogP contribution in [0.2, 0.25) is 0 Å². The summed E-state index contributed by atoms with van der Waals surface area (Å²) in [6.45, 7) is 0. The van der Waals surface area contributed by atoms with Crippen LogP contribution in [0, 0.1) is 5.82 Å². The van der Waals surface area contributed by atoms with E-state index in [0.717, 1.165) is 22.3 Å². The van der Waals surface area contributed by atoms with Gasteiger partial charge in [-0.2, -0.15) is 0 Å². The van der Waals surface area contributed by atoms with Crippen LogP contribution < -0.4 is 5.32 Å². The van der Waals surface area contributed by atoms with E-state index in [2.05, 4.69) is 11.4 Å². The van der Waals surface area contributed by atoms with Gasteiger partial charge < -0.3 is 5.32 Å². The van der Waals surface area contributed by atoms with Crippen LogP contribution in [0.3, 0.4) is 0 Å². The lowest BCUT2D eigenvalue weighted by Crippen LogP contribution is -2.12. The average molecular weight is 341 g/mol. The number of allylic oxidation sites excluding steroid dienone is 2. The number of hydrogen-bond acceptors (Lipinski definition) is 1. The molecule has 0 spiro atoms. The van der Waals surface area contributed by atoms with Crippen molar-refractivity contribution in [3.8, 4) is 0 Å². The summed E-state index contributed by atoms with van der Waals surface area (Å²) in [7, 11) is 0. The first kappa shape index (κ1) is 16.0. The molecule has 126 valence electrons. The van der Waals surface area contributed by atoms with E-state index < -0.39 is 0 Å². The summed E-state index contributed by atoms with van der Waals surface area (Å²) in [5, 5.41) is 2.78. The van der Waals surface area contributed by atoms with Crippen molar-refractivity contribution in [2.24, 2.45) is 0 Å². The molecule has 1 amide bonds. The largest absolute Gasteiger partial charge is 0.322 e. The van der Waals surface area contributed by atoms with Gasteiger partial charge in [-0.05, 0) is 52.6 Å². The minimum Gasteiger partial charge on any atom is -0.322 e. The molecule has 1 aliphatic rings. The van der Waals surface area contributed by atoms with Crippen molar-refractivity contribution >= 4 is 28.8 Å². The number of fused-ring (bicyclic) bond motifs is 1. The van der Waals surface area contributed by atoms with Crippen molar-refractivity contribution in [2.45, 2.75) is 0 Å². The van der Waals surface area contributed by atoms with Crippen LogP contribution in [-0.2, 0) is 4.79 Å². The third-order valence-electron chi connectivity index (χ3n) is 4.28. The second-order valence-corrected chi connectivity index (χ2v) is 6.08. The predicted octanol–water partition coefficient (Wildman–Crippen LogP) is 5.40. The summed E-state index contributed by atoms with van der Waals surface area (Å²) in [4.78, 5) is 12.8. The van der Waals surface area contributed by atoms with Crippen molar-refractivity contribution in [1.29, 1.82) is 0 Å². The first-order chi connectivity index (χ1) is 12.7. The maximum Gasteiger partial charge on any atom is 0.256 e. The molecule has 1 N–H and O–H groups in total. The Bertz CT molecular complexity index is 1030. The number of anilines is 1. The zero-order valence-corrected chi connectivity index (χ0v) is 13.9. The zero-order valence-electron chi connectivity index (χ0n) is 13.9. The number of nitrogens with one attached hydrogen (secondary N) is 1. The number of amides is 1. The van der Waals surface area contributed by atoms with E-state index >= 15 is 0 Å². The van der Waals surface area contributed by atoms with Crippen LogP contribution >= 0.6 is 0 Å². The zero-order chi connectivity index (χ0) is 17.9. The van der Waals surface area contributed by atoms with Gasteiger partial charge in [0.1, 0.15) is 5.82 Å². The normalized spacial score (nSPS) is 14.0. The van der Waals surface area contributed by atoms with Gasteiger partial charge in [0.2, 0.25) is 0 Å². The predicted molar refractivity (Wildman–Crippen MR) is 104 cm³/mol. The Morgan fingerprint density at radius 3 is 2.35 bits per heavy atom.